The van der Waals surface area contributed by atoms with Crippen LogP contribution in [0.1, 0.15) is 52.3 Å². The van der Waals surface area contributed by atoms with Gasteiger partial charge in [-0.1, -0.05) is 32.9 Å². The molecule has 0 saturated carbocycles. The van der Waals surface area contributed by atoms with Crippen LogP contribution in [0, 0.1) is 5.92 Å². The SMILES string of the molecule is CC(C)c1nc(C(C)(N)C(C)C)no1. The van der Waals surface area contributed by atoms with Gasteiger partial charge in [0.15, 0.2) is 5.82 Å². The number of nitrogens with two attached hydrogens (primary N) is 1. The predicted molar refractivity (Wildman–Crippen MR) is 54.8 cm³/mol. The quantitative estimate of drug-likeness (QED) is 0.805. The summed E-state index contributed by atoms with van der Waals surface area (Å²) in [6.07, 6.45) is 0. The summed E-state index contributed by atoms with van der Waals surface area (Å²) in [7, 11) is 0. The molecule has 0 amide bonds. The third kappa shape index (κ3) is 1.95. The third-order valence-electron chi connectivity index (χ3n) is 2.62. The van der Waals surface area contributed by atoms with Gasteiger partial charge in [-0.3, -0.25) is 0 Å². The van der Waals surface area contributed by atoms with Crippen molar-refractivity contribution in [3.8, 4) is 0 Å². The Balaban J connectivity index is 2.97. The van der Waals surface area contributed by atoms with Crippen LogP contribution in [0.2, 0.25) is 0 Å². The number of rotatable bonds is 3. The maximum Gasteiger partial charge on any atom is 0.229 e. The van der Waals surface area contributed by atoms with Crippen LogP contribution >= 0.6 is 0 Å². The van der Waals surface area contributed by atoms with E-state index in [1.807, 2.05) is 34.6 Å². The van der Waals surface area contributed by atoms with Crippen LogP contribution in [-0.2, 0) is 5.54 Å². The topological polar surface area (TPSA) is 64.9 Å². The largest absolute Gasteiger partial charge is 0.339 e. The molecule has 0 fully saturated rings. The van der Waals surface area contributed by atoms with Gasteiger partial charge in [-0.25, -0.2) is 0 Å². The average Bonchev–Trinajstić information content (AvgIpc) is 2.51. The zero-order valence-corrected chi connectivity index (χ0v) is 9.53. The number of hydrogen-bond donors (Lipinski definition) is 1. The Kier molecular flexibility index (Phi) is 2.95. The first kappa shape index (κ1) is 11.2. The number of hydrogen-bond acceptors (Lipinski definition) is 4. The van der Waals surface area contributed by atoms with Crippen LogP contribution in [-0.4, -0.2) is 10.1 Å². The molecule has 1 aromatic heterocycles. The molecule has 1 heterocycles. The van der Waals surface area contributed by atoms with Crippen LogP contribution in [0.3, 0.4) is 0 Å². The van der Waals surface area contributed by atoms with Gasteiger partial charge < -0.3 is 10.3 Å². The normalized spacial score (nSPS) is 16.3. The van der Waals surface area contributed by atoms with Crippen molar-refractivity contribution in [3.63, 3.8) is 0 Å². The molecular weight excluding hydrogens is 178 g/mol. The van der Waals surface area contributed by atoms with E-state index in [0.29, 0.717) is 11.7 Å². The van der Waals surface area contributed by atoms with Crippen molar-refractivity contribution in [1.82, 2.24) is 10.1 Å². The van der Waals surface area contributed by atoms with Crippen molar-refractivity contribution in [2.24, 2.45) is 11.7 Å². The fourth-order valence-corrected chi connectivity index (χ4v) is 0.947. The molecule has 4 heteroatoms. The highest BCUT2D eigenvalue weighted by molar-refractivity contribution is 5.04. The molecule has 0 radical (unpaired) electrons. The molecule has 0 bridgehead atoms. The molecular formula is C10H19N3O. The second kappa shape index (κ2) is 3.69. The van der Waals surface area contributed by atoms with Crippen LogP contribution in [0.15, 0.2) is 4.52 Å². The van der Waals surface area contributed by atoms with Crippen molar-refractivity contribution in [2.45, 2.75) is 46.1 Å². The Morgan fingerprint density at radius 3 is 2.21 bits per heavy atom. The van der Waals surface area contributed by atoms with Crippen LogP contribution in [0.25, 0.3) is 0 Å². The van der Waals surface area contributed by atoms with Crippen LogP contribution < -0.4 is 5.73 Å². The highest BCUT2D eigenvalue weighted by Crippen LogP contribution is 2.24. The van der Waals surface area contributed by atoms with Gasteiger partial charge in [0.05, 0.1) is 5.54 Å². The summed E-state index contributed by atoms with van der Waals surface area (Å²) in [6, 6.07) is 0. The second-order valence-electron chi connectivity index (χ2n) is 4.55. The summed E-state index contributed by atoms with van der Waals surface area (Å²) >= 11 is 0. The highest BCUT2D eigenvalue weighted by atomic mass is 16.5. The van der Waals surface area contributed by atoms with Crippen molar-refractivity contribution in [3.05, 3.63) is 11.7 Å². The fourth-order valence-electron chi connectivity index (χ4n) is 0.947. The summed E-state index contributed by atoms with van der Waals surface area (Å²) in [5, 5.41) is 3.92. The minimum Gasteiger partial charge on any atom is -0.339 e. The van der Waals surface area contributed by atoms with E-state index in [-0.39, 0.29) is 11.8 Å². The summed E-state index contributed by atoms with van der Waals surface area (Å²) in [5.74, 6) is 1.77. The van der Waals surface area contributed by atoms with Gasteiger partial charge in [0.1, 0.15) is 0 Å². The van der Waals surface area contributed by atoms with Gasteiger partial charge in [-0.15, -0.1) is 0 Å². The lowest BCUT2D eigenvalue weighted by atomic mass is 9.89. The summed E-state index contributed by atoms with van der Waals surface area (Å²) in [6.45, 7) is 10.0. The molecule has 1 unspecified atom stereocenters. The Bertz CT molecular complexity index is 302. The first-order chi connectivity index (χ1) is 6.35. The Hall–Kier alpha value is -0.900. The van der Waals surface area contributed by atoms with Gasteiger partial charge in [0, 0.05) is 5.92 Å². The van der Waals surface area contributed by atoms with E-state index in [0.717, 1.165) is 0 Å². The maximum atomic E-state index is 6.11. The van der Waals surface area contributed by atoms with E-state index in [1.54, 1.807) is 0 Å². The van der Waals surface area contributed by atoms with Crippen LogP contribution in [0.5, 0.6) is 0 Å². The minimum absolute atomic E-state index is 0.249. The summed E-state index contributed by atoms with van der Waals surface area (Å²) in [5.41, 5.74) is 5.59. The molecule has 1 atom stereocenters. The molecule has 0 aliphatic carbocycles. The molecule has 0 spiro atoms. The molecule has 1 aromatic rings. The standard InChI is InChI=1S/C10H19N3O/c1-6(2)8-12-9(13-14-8)10(5,11)7(3)4/h6-7H,11H2,1-5H3. The van der Waals surface area contributed by atoms with Crippen molar-refractivity contribution >= 4 is 0 Å². The molecule has 0 aromatic carbocycles. The van der Waals surface area contributed by atoms with E-state index < -0.39 is 5.54 Å². The van der Waals surface area contributed by atoms with Gasteiger partial charge in [0.25, 0.3) is 0 Å². The second-order valence-corrected chi connectivity index (χ2v) is 4.55. The van der Waals surface area contributed by atoms with E-state index >= 15 is 0 Å². The molecule has 4 nitrogen and oxygen atoms in total. The maximum absolute atomic E-state index is 6.11. The number of nitrogens with zero attached hydrogens (tertiary/aromatic N) is 2. The van der Waals surface area contributed by atoms with Gasteiger partial charge in [-0.2, -0.15) is 4.98 Å². The highest BCUT2D eigenvalue weighted by Gasteiger charge is 2.31. The van der Waals surface area contributed by atoms with Crippen LogP contribution in [0.4, 0.5) is 0 Å². The molecule has 14 heavy (non-hydrogen) atoms. The zero-order chi connectivity index (χ0) is 10.9. The molecule has 1 rings (SSSR count). The lowest BCUT2D eigenvalue weighted by Crippen LogP contribution is -2.39. The van der Waals surface area contributed by atoms with E-state index in [9.17, 15) is 0 Å². The van der Waals surface area contributed by atoms with E-state index in [2.05, 4.69) is 10.1 Å². The number of aromatic nitrogens is 2. The molecule has 80 valence electrons. The van der Waals surface area contributed by atoms with Crippen molar-refractivity contribution < 1.29 is 4.52 Å². The molecule has 0 saturated heterocycles. The Morgan fingerprint density at radius 1 is 1.29 bits per heavy atom. The van der Waals surface area contributed by atoms with E-state index in [1.165, 1.54) is 0 Å². The zero-order valence-electron chi connectivity index (χ0n) is 9.53. The predicted octanol–water partition coefficient (Wildman–Crippen LogP) is 2.02. The fraction of sp³-hybridized carbons (Fsp3) is 0.800. The van der Waals surface area contributed by atoms with Gasteiger partial charge in [-0.05, 0) is 12.8 Å². The Labute approximate surface area is 84.9 Å². The van der Waals surface area contributed by atoms with Gasteiger partial charge >= 0.3 is 0 Å². The monoisotopic (exact) mass is 197 g/mol. The van der Waals surface area contributed by atoms with E-state index in [4.69, 9.17) is 10.3 Å². The molecule has 0 aliphatic rings. The first-order valence-electron chi connectivity index (χ1n) is 4.98. The lowest BCUT2D eigenvalue weighted by molar-refractivity contribution is 0.303. The lowest BCUT2D eigenvalue weighted by Gasteiger charge is -2.24. The van der Waals surface area contributed by atoms with Crippen molar-refractivity contribution in [1.29, 1.82) is 0 Å². The minimum atomic E-state index is -0.517. The average molecular weight is 197 g/mol. The Morgan fingerprint density at radius 2 is 1.86 bits per heavy atom. The summed E-state index contributed by atoms with van der Waals surface area (Å²) < 4.78 is 5.12. The molecule has 2 N–H and O–H groups in total. The first-order valence-corrected chi connectivity index (χ1v) is 4.98. The molecule has 0 aliphatic heterocycles. The smallest absolute Gasteiger partial charge is 0.229 e. The summed E-state index contributed by atoms with van der Waals surface area (Å²) in [4.78, 5) is 4.30. The van der Waals surface area contributed by atoms with Gasteiger partial charge in [0.2, 0.25) is 5.89 Å². The third-order valence-corrected chi connectivity index (χ3v) is 2.62. The van der Waals surface area contributed by atoms with Crippen molar-refractivity contribution in [2.75, 3.05) is 0 Å².